The molecular weight excluding hydrogens is 448 g/mol. The molecule has 0 aliphatic carbocycles. The third-order valence-electron chi connectivity index (χ3n) is 4.43. The number of hydrogen-bond donors (Lipinski definition) is 1. The third kappa shape index (κ3) is 6.06. The van der Waals surface area contributed by atoms with E-state index < -0.39 is 5.41 Å². The van der Waals surface area contributed by atoms with E-state index in [2.05, 4.69) is 5.32 Å². The monoisotopic (exact) mass is 472 g/mol. The molecule has 0 aliphatic heterocycles. The van der Waals surface area contributed by atoms with Crippen molar-refractivity contribution in [3.63, 3.8) is 0 Å². The van der Waals surface area contributed by atoms with Crippen molar-refractivity contribution >= 4 is 64.0 Å². The average molecular weight is 473 g/mol. The zero-order valence-electron chi connectivity index (χ0n) is 17.8. The quantitative estimate of drug-likeness (QED) is 0.557. The summed E-state index contributed by atoms with van der Waals surface area (Å²) < 4.78 is 2.34. The largest absolute Gasteiger partial charge is 0.324 e. The van der Waals surface area contributed by atoms with Gasteiger partial charge in [0, 0.05) is 22.1 Å². The van der Waals surface area contributed by atoms with Crippen LogP contribution in [-0.4, -0.2) is 22.5 Å². The smallest absolute Gasteiger partial charge is 0.269 e. The third-order valence-corrected chi connectivity index (χ3v) is 6.91. The van der Waals surface area contributed by atoms with E-state index in [1.54, 1.807) is 35.2 Å². The molecule has 31 heavy (non-hydrogen) atoms. The highest BCUT2D eigenvalue weighted by atomic mass is 32.2. The lowest BCUT2D eigenvalue weighted by atomic mass is 9.91. The molecule has 0 bridgehead atoms. The molecule has 0 fully saturated rings. The maximum atomic E-state index is 13.1. The normalized spacial score (nSPS) is 12.9. The van der Waals surface area contributed by atoms with Crippen molar-refractivity contribution in [2.45, 2.75) is 32.2 Å². The van der Waals surface area contributed by atoms with Crippen molar-refractivity contribution in [2.75, 3.05) is 11.6 Å². The first kappa shape index (κ1) is 23.2. The second-order valence-corrected chi connectivity index (χ2v) is 10.7. The van der Waals surface area contributed by atoms with Gasteiger partial charge in [0.05, 0.1) is 4.53 Å². The predicted octanol–water partition coefficient (Wildman–Crippen LogP) is 3.56. The van der Waals surface area contributed by atoms with Crippen LogP contribution in [0.3, 0.4) is 0 Å². The Balaban J connectivity index is 2.00. The molecule has 2 aromatic heterocycles. The summed E-state index contributed by atoms with van der Waals surface area (Å²) in [5.74, 6) is -0.421. The molecule has 3 aromatic rings. The number of benzene rings is 1. The average Bonchev–Trinajstić information content (AvgIpc) is 3.31. The number of carbonyl (C=O) groups excluding carboxylic acids is 2. The minimum absolute atomic E-state index is 0.0994. The Bertz CT molecular complexity index is 1260. The molecule has 1 aromatic carbocycles. The number of aromatic nitrogens is 1. The van der Waals surface area contributed by atoms with E-state index in [9.17, 15) is 14.4 Å². The molecule has 3 rings (SSSR count). The first-order chi connectivity index (χ1) is 14.7. The van der Waals surface area contributed by atoms with Gasteiger partial charge in [-0.1, -0.05) is 26.8 Å². The Morgan fingerprint density at radius 3 is 2.65 bits per heavy atom. The summed E-state index contributed by atoms with van der Waals surface area (Å²) in [6.07, 6.45) is 5.23. The van der Waals surface area contributed by atoms with Gasteiger partial charge < -0.3 is 5.32 Å². The van der Waals surface area contributed by atoms with Crippen LogP contribution in [0.2, 0.25) is 0 Å². The first-order valence-corrected chi connectivity index (χ1v) is 12.6. The maximum absolute atomic E-state index is 13.1. The molecule has 0 radical (unpaired) electrons. The van der Waals surface area contributed by atoms with E-state index in [0.717, 1.165) is 10.5 Å². The van der Waals surface area contributed by atoms with Gasteiger partial charge in [0.15, 0.2) is 5.78 Å². The Labute approximate surface area is 193 Å². The lowest BCUT2D eigenvalue weighted by molar-refractivity contribution is -0.120. The van der Waals surface area contributed by atoms with Crippen LogP contribution in [0.15, 0.2) is 50.8 Å². The minimum Gasteiger partial charge on any atom is -0.324 e. The Morgan fingerprint density at radius 2 is 2.00 bits per heavy atom. The van der Waals surface area contributed by atoms with E-state index in [4.69, 9.17) is 0 Å². The number of ketones is 1. The number of rotatable bonds is 6. The molecule has 0 atom stereocenters. The highest BCUT2D eigenvalue weighted by molar-refractivity contribution is 7.98. The highest BCUT2D eigenvalue weighted by Crippen LogP contribution is 2.19. The van der Waals surface area contributed by atoms with Gasteiger partial charge in [0.1, 0.15) is 11.2 Å². The standard InChI is InChI=1S/C23H24N2O3S3/c1-23(2,3)19(26)12-21-25(22(28)18(31-21)10-15-8-9-30-14-15)13-20(27)24-16-6-5-7-17(11-16)29-4/h5-12,14H,13H2,1-4H3,(H,24,27)/b18-10+,21-12-. The molecule has 0 saturated heterocycles. The van der Waals surface area contributed by atoms with Crippen molar-refractivity contribution < 1.29 is 9.59 Å². The molecule has 1 N–H and O–H groups in total. The van der Waals surface area contributed by atoms with Gasteiger partial charge in [-0.25, -0.2) is 0 Å². The van der Waals surface area contributed by atoms with Gasteiger partial charge in [-0.15, -0.1) is 23.1 Å². The number of amides is 1. The van der Waals surface area contributed by atoms with Gasteiger partial charge >= 0.3 is 0 Å². The van der Waals surface area contributed by atoms with Crippen LogP contribution in [0.1, 0.15) is 26.3 Å². The zero-order valence-corrected chi connectivity index (χ0v) is 20.2. The first-order valence-electron chi connectivity index (χ1n) is 9.61. The van der Waals surface area contributed by atoms with E-state index in [-0.39, 0.29) is 23.8 Å². The Morgan fingerprint density at radius 1 is 1.23 bits per heavy atom. The molecule has 2 heterocycles. The Kier molecular flexibility index (Phi) is 7.35. The number of nitrogens with one attached hydrogen (secondary N) is 1. The fraction of sp³-hybridized carbons (Fsp3) is 0.261. The van der Waals surface area contributed by atoms with Crippen LogP contribution in [0.25, 0.3) is 12.2 Å². The molecule has 1 amide bonds. The Hall–Kier alpha value is -2.42. The van der Waals surface area contributed by atoms with Gasteiger partial charge in [0.2, 0.25) is 5.91 Å². The zero-order chi connectivity index (χ0) is 22.6. The van der Waals surface area contributed by atoms with Crippen molar-refractivity contribution in [1.29, 1.82) is 0 Å². The number of Topliss-reactive ketones (excluding diaryl/α,β-unsaturated/α-hetero) is 1. The molecule has 5 nitrogen and oxygen atoms in total. The summed E-state index contributed by atoms with van der Waals surface area (Å²) in [4.78, 5) is 39.4. The SMILES string of the molecule is CSc1cccc(NC(=O)Cn2c(=O)/c(=C\c3ccsc3)s/c2=C\C(=O)C(C)(C)C)c1. The summed E-state index contributed by atoms with van der Waals surface area (Å²) in [6, 6.07) is 9.43. The number of carbonyl (C=O) groups is 2. The molecule has 162 valence electrons. The fourth-order valence-electron chi connectivity index (χ4n) is 2.67. The highest BCUT2D eigenvalue weighted by Gasteiger charge is 2.20. The van der Waals surface area contributed by atoms with Gasteiger partial charge in [-0.05, 0) is 52.9 Å². The lowest BCUT2D eigenvalue weighted by Crippen LogP contribution is -2.36. The number of anilines is 1. The summed E-state index contributed by atoms with van der Waals surface area (Å²) >= 11 is 4.35. The van der Waals surface area contributed by atoms with Crippen molar-refractivity contribution in [2.24, 2.45) is 5.41 Å². The lowest BCUT2D eigenvalue weighted by Gasteiger charge is -2.13. The van der Waals surface area contributed by atoms with Crippen LogP contribution in [0.4, 0.5) is 5.69 Å². The number of nitrogens with zero attached hydrogens (tertiary/aromatic N) is 1. The number of thiazole rings is 1. The molecule has 0 unspecified atom stereocenters. The van der Waals surface area contributed by atoms with E-state index >= 15 is 0 Å². The molecule has 0 aliphatic rings. The van der Waals surface area contributed by atoms with E-state index in [1.165, 1.54) is 22.0 Å². The number of thioether (sulfide) groups is 1. The van der Waals surface area contributed by atoms with Crippen molar-refractivity contribution in [3.8, 4) is 0 Å². The van der Waals surface area contributed by atoms with E-state index in [1.807, 2.05) is 62.1 Å². The number of hydrogen-bond acceptors (Lipinski definition) is 6. The van der Waals surface area contributed by atoms with Crippen molar-refractivity contribution in [3.05, 3.63) is 66.2 Å². The van der Waals surface area contributed by atoms with Gasteiger partial charge in [-0.2, -0.15) is 11.3 Å². The van der Waals surface area contributed by atoms with Crippen molar-refractivity contribution in [1.82, 2.24) is 4.57 Å². The van der Waals surface area contributed by atoms with Gasteiger partial charge in [0.25, 0.3) is 5.56 Å². The van der Waals surface area contributed by atoms with Crippen LogP contribution in [0.5, 0.6) is 0 Å². The van der Waals surface area contributed by atoms with Crippen LogP contribution < -0.4 is 20.1 Å². The second-order valence-electron chi connectivity index (χ2n) is 7.94. The summed E-state index contributed by atoms with van der Waals surface area (Å²) in [5, 5.41) is 6.72. The molecule has 0 saturated carbocycles. The summed E-state index contributed by atoms with van der Waals surface area (Å²) in [5.41, 5.74) is 0.726. The second kappa shape index (κ2) is 9.80. The van der Waals surface area contributed by atoms with Crippen LogP contribution in [-0.2, 0) is 16.1 Å². The van der Waals surface area contributed by atoms with Gasteiger partial charge in [-0.3, -0.25) is 19.0 Å². The topological polar surface area (TPSA) is 68.2 Å². The van der Waals surface area contributed by atoms with Crippen LogP contribution in [0, 0.1) is 5.41 Å². The number of thiophene rings is 1. The summed E-state index contributed by atoms with van der Waals surface area (Å²) in [6.45, 7) is 5.31. The molecular formula is C23H24N2O3S3. The minimum atomic E-state index is -0.581. The predicted molar refractivity (Wildman–Crippen MR) is 131 cm³/mol. The summed E-state index contributed by atoms with van der Waals surface area (Å²) in [7, 11) is 0. The molecule has 8 heteroatoms. The van der Waals surface area contributed by atoms with Crippen LogP contribution >= 0.6 is 34.4 Å². The fourth-order valence-corrected chi connectivity index (χ4v) is 4.79. The molecule has 0 spiro atoms. The maximum Gasteiger partial charge on any atom is 0.269 e. The van der Waals surface area contributed by atoms with E-state index in [0.29, 0.717) is 14.9 Å².